The van der Waals surface area contributed by atoms with Crippen molar-refractivity contribution >= 4 is 11.6 Å². The fraction of sp³-hybridized carbons (Fsp3) is 0.250. The number of benzene rings is 2. The van der Waals surface area contributed by atoms with E-state index in [4.69, 9.17) is 11.6 Å². The number of nitrogens with one attached hydrogen (secondary N) is 1. The van der Waals surface area contributed by atoms with E-state index in [1.165, 1.54) is 16.8 Å². The van der Waals surface area contributed by atoms with Gasteiger partial charge >= 0.3 is 0 Å². The van der Waals surface area contributed by atoms with Crippen molar-refractivity contribution in [3.63, 3.8) is 0 Å². The van der Waals surface area contributed by atoms with Crippen LogP contribution in [-0.2, 0) is 13.1 Å². The van der Waals surface area contributed by atoms with E-state index in [1.54, 1.807) is 0 Å². The number of nitrogens with zero attached hydrogens (tertiary/aromatic N) is 2. The summed E-state index contributed by atoms with van der Waals surface area (Å²) in [6.45, 7) is 4.91. The van der Waals surface area contributed by atoms with Gasteiger partial charge in [-0.1, -0.05) is 54.1 Å². The van der Waals surface area contributed by atoms with Crippen LogP contribution in [-0.4, -0.2) is 16.1 Å². The van der Waals surface area contributed by atoms with E-state index in [0.29, 0.717) is 0 Å². The Morgan fingerprint density at radius 2 is 1.79 bits per heavy atom. The van der Waals surface area contributed by atoms with Crippen LogP contribution in [0.1, 0.15) is 17.7 Å². The molecule has 3 aromatic rings. The van der Waals surface area contributed by atoms with Crippen molar-refractivity contribution in [2.45, 2.75) is 26.4 Å². The fourth-order valence-corrected chi connectivity index (χ4v) is 2.88. The molecule has 1 aromatic heterocycles. The second kappa shape index (κ2) is 8.13. The zero-order valence-corrected chi connectivity index (χ0v) is 14.6. The number of hydrogen-bond donors (Lipinski definition) is 1. The van der Waals surface area contributed by atoms with Crippen molar-refractivity contribution in [2.24, 2.45) is 0 Å². The van der Waals surface area contributed by atoms with E-state index in [9.17, 15) is 0 Å². The molecular weight excluding hydrogens is 318 g/mol. The Hall–Kier alpha value is -2.10. The minimum Gasteiger partial charge on any atom is -0.328 e. The summed E-state index contributed by atoms with van der Waals surface area (Å²) in [7, 11) is 0. The molecule has 0 saturated carbocycles. The third kappa shape index (κ3) is 4.25. The van der Waals surface area contributed by atoms with Gasteiger partial charge in [-0.3, -0.25) is 0 Å². The molecule has 0 atom stereocenters. The summed E-state index contributed by atoms with van der Waals surface area (Å²) in [5, 5.41) is 4.27. The molecule has 0 spiro atoms. The number of rotatable bonds is 7. The van der Waals surface area contributed by atoms with Gasteiger partial charge < -0.3 is 9.88 Å². The molecule has 0 aliphatic carbocycles. The van der Waals surface area contributed by atoms with Crippen LogP contribution in [0.5, 0.6) is 0 Å². The second-order valence-corrected chi connectivity index (χ2v) is 6.33. The maximum atomic E-state index is 5.90. The predicted octanol–water partition coefficient (Wildman–Crippen LogP) is 4.69. The van der Waals surface area contributed by atoms with Gasteiger partial charge in [0.05, 0.1) is 0 Å². The molecule has 24 heavy (non-hydrogen) atoms. The molecule has 0 fully saturated rings. The van der Waals surface area contributed by atoms with Crippen LogP contribution >= 0.6 is 11.6 Å². The normalized spacial score (nSPS) is 10.9. The summed E-state index contributed by atoms with van der Waals surface area (Å²) in [5.74, 6) is 1.05. The minimum atomic E-state index is 0.780. The van der Waals surface area contributed by atoms with Gasteiger partial charge in [-0.2, -0.15) is 0 Å². The van der Waals surface area contributed by atoms with Gasteiger partial charge in [-0.25, -0.2) is 4.98 Å². The van der Waals surface area contributed by atoms with Crippen LogP contribution in [0.3, 0.4) is 0 Å². The van der Waals surface area contributed by atoms with Gasteiger partial charge in [0.15, 0.2) is 0 Å². The van der Waals surface area contributed by atoms with Gasteiger partial charge in [0.2, 0.25) is 0 Å². The average molecular weight is 340 g/mol. The molecule has 3 nitrogen and oxygen atoms in total. The third-order valence-corrected chi connectivity index (χ3v) is 4.32. The first-order valence-corrected chi connectivity index (χ1v) is 8.64. The molecule has 0 unspecified atom stereocenters. The number of aromatic nitrogens is 2. The summed E-state index contributed by atoms with van der Waals surface area (Å²) < 4.78 is 2.29. The van der Waals surface area contributed by atoms with Gasteiger partial charge in [-0.15, -0.1) is 0 Å². The highest BCUT2D eigenvalue weighted by Gasteiger charge is 2.08. The molecule has 0 aliphatic heterocycles. The van der Waals surface area contributed by atoms with Crippen LogP contribution < -0.4 is 5.32 Å². The summed E-state index contributed by atoms with van der Waals surface area (Å²) in [4.78, 5) is 4.57. The largest absolute Gasteiger partial charge is 0.328 e. The average Bonchev–Trinajstić information content (AvgIpc) is 2.98. The fourth-order valence-electron chi connectivity index (χ4n) is 2.76. The molecule has 0 bridgehead atoms. The van der Waals surface area contributed by atoms with Crippen LogP contribution in [0.15, 0.2) is 60.8 Å². The lowest BCUT2D eigenvalue weighted by molar-refractivity contribution is 0.577. The topological polar surface area (TPSA) is 29.9 Å². The third-order valence-electron chi connectivity index (χ3n) is 4.06. The SMILES string of the molecule is Cc1cnc(-c2ccccc2)n1CCCNCc1ccc(Cl)cc1. The maximum absolute atomic E-state index is 5.90. The summed E-state index contributed by atoms with van der Waals surface area (Å²) in [6.07, 6.45) is 3.01. The second-order valence-electron chi connectivity index (χ2n) is 5.90. The van der Waals surface area contributed by atoms with Crippen LogP contribution in [0, 0.1) is 6.92 Å². The van der Waals surface area contributed by atoms with E-state index >= 15 is 0 Å². The number of imidazole rings is 1. The first kappa shape index (κ1) is 16.7. The predicted molar refractivity (Wildman–Crippen MR) is 100 cm³/mol. The van der Waals surface area contributed by atoms with E-state index in [1.807, 2.05) is 24.4 Å². The molecule has 1 N–H and O–H groups in total. The Morgan fingerprint density at radius 1 is 1.04 bits per heavy atom. The molecule has 4 heteroatoms. The Morgan fingerprint density at radius 3 is 2.54 bits per heavy atom. The van der Waals surface area contributed by atoms with E-state index < -0.39 is 0 Å². The monoisotopic (exact) mass is 339 g/mol. The van der Waals surface area contributed by atoms with Crippen molar-refractivity contribution in [2.75, 3.05) is 6.54 Å². The van der Waals surface area contributed by atoms with Crippen LogP contribution in [0.4, 0.5) is 0 Å². The molecule has 0 radical (unpaired) electrons. The van der Waals surface area contributed by atoms with Crippen molar-refractivity contribution in [1.82, 2.24) is 14.9 Å². The Labute approximate surface area is 148 Å². The molecule has 2 aromatic carbocycles. The Balaban J connectivity index is 1.52. The van der Waals surface area contributed by atoms with Gasteiger partial charge in [0.1, 0.15) is 5.82 Å². The van der Waals surface area contributed by atoms with Crippen molar-refractivity contribution < 1.29 is 0 Å². The zero-order valence-electron chi connectivity index (χ0n) is 13.9. The molecule has 0 aliphatic rings. The first-order chi connectivity index (χ1) is 11.7. The lowest BCUT2D eigenvalue weighted by atomic mass is 10.2. The van der Waals surface area contributed by atoms with E-state index in [-0.39, 0.29) is 0 Å². The van der Waals surface area contributed by atoms with Crippen molar-refractivity contribution in [1.29, 1.82) is 0 Å². The molecule has 0 saturated heterocycles. The Bertz CT molecular complexity index is 763. The van der Waals surface area contributed by atoms with Crippen molar-refractivity contribution in [3.05, 3.63) is 77.1 Å². The summed E-state index contributed by atoms with van der Waals surface area (Å²) >= 11 is 5.90. The number of halogens is 1. The highest BCUT2D eigenvalue weighted by molar-refractivity contribution is 6.30. The van der Waals surface area contributed by atoms with Crippen LogP contribution in [0.2, 0.25) is 5.02 Å². The quantitative estimate of drug-likeness (QED) is 0.633. The van der Waals surface area contributed by atoms with Gasteiger partial charge in [-0.05, 0) is 37.6 Å². The van der Waals surface area contributed by atoms with Gasteiger partial charge in [0.25, 0.3) is 0 Å². The van der Waals surface area contributed by atoms with Gasteiger partial charge in [0, 0.05) is 35.6 Å². The zero-order chi connectivity index (χ0) is 16.8. The lowest BCUT2D eigenvalue weighted by Gasteiger charge is -2.11. The van der Waals surface area contributed by atoms with E-state index in [0.717, 1.165) is 36.9 Å². The lowest BCUT2D eigenvalue weighted by Crippen LogP contribution is -2.17. The maximum Gasteiger partial charge on any atom is 0.140 e. The smallest absolute Gasteiger partial charge is 0.140 e. The van der Waals surface area contributed by atoms with Crippen molar-refractivity contribution in [3.8, 4) is 11.4 Å². The Kier molecular flexibility index (Phi) is 5.68. The molecule has 3 rings (SSSR count). The molecule has 0 amide bonds. The van der Waals surface area contributed by atoms with Crippen LogP contribution in [0.25, 0.3) is 11.4 Å². The molecule has 124 valence electrons. The molecule has 1 heterocycles. The summed E-state index contributed by atoms with van der Waals surface area (Å²) in [6, 6.07) is 18.3. The summed E-state index contributed by atoms with van der Waals surface area (Å²) in [5.41, 5.74) is 3.62. The highest BCUT2D eigenvalue weighted by Crippen LogP contribution is 2.19. The number of hydrogen-bond acceptors (Lipinski definition) is 2. The highest BCUT2D eigenvalue weighted by atomic mass is 35.5. The van der Waals surface area contributed by atoms with E-state index in [2.05, 4.69) is 58.2 Å². The minimum absolute atomic E-state index is 0.780. The first-order valence-electron chi connectivity index (χ1n) is 8.27. The number of aryl methyl sites for hydroxylation is 1. The molecular formula is C20H22ClN3. The standard InChI is InChI=1S/C20H22ClN3/c1-16-14-23-20(18-6-3-2-4-7-18)24(16)13-5-12-22-15-17-8-10-19(21)11-9-17/h2-4,6-11,14,22H,5,12-13,15H2,1H3.